The molecule has 0 saturated carbocycles. The Morgan fingerprint density at radius 3 is 2.90 bits per heavy atom. The number of hydrogen-bond donors (Lipinski definition) is 1. The van der Waals surface area contributed by atoms with Gasteiger partial charge < -0.3 is 9.84 Å². The normalized spacial score (nSPS) is 24.3. The standard InChI is InChI=1S/C7H10O3/c1-2-3-5-4-6(8)7(9)10-5/h4-5,8H,2-3H2,1H3. The monoisotopic (exact) mass is 142 g/mol. The molecule has 1 aliphatic heterocycles. The smallest absolute Gasteiger partial charge is 0.373 e. The van der Waals surface area contributed by atoms with E-state index in [0.29, 0.717) is 0 Å². The van der Waals surface area contributed by atoms with Gasteiger partial charge in [-0.1, -0.05) is 13.3 Å². The van der Waals surface area contributed by atoms with Crippen molar-refractivity contribution in [3.05, 3.63) is 11.8 Å². The Labute approximate surface area is 59.3 Å². The van der Waals surface area contributed by atoms with E-state index in [-0.39, 0.29) is 11.9 Å². The van der Waals surface area contributed by atoms with E-state index < -0.39 is 5.97 Å². The molecule has 0 spiro atoms. The van der Waals surface area contributed by atoms with Gasteiger partial charge in [0, 0.05) is 6.08 Å². The average molecular weight is 142 g/mol. The number of rotatable bonds is 2. The number of aliphatic hydroxyl groups is 1. The fourth-order valence-electron chi connectivity index (χ4n) is 0.903. The molecule has 0 aromatic rings. The van der Waals surface area contributed by atoms with E-state index in [2.05, 4.69) is 0 Å². The van der Waals surface area contributed by atoms with E-state index in [4.69, 9.17) is 9.84 Å². The van der Waals surface area contributed by atoms with Crippen molar-refractivity contribution in [1.82, 2.24) is 0 Å². The second-order valence-corrected chi connectivity index (χ2v) is 2.28. The van der Waals surface area contributed by atoms with Gasteiger partial charge in [-0.25, -0.2) is 4.79 Å². The van der Waals surface area contributed by atoms with Gasteiger partial charge in [0.1, 0.15) is 6.10 Å². The maximum Gasteiger partial charge on any atom is 0.373 e. The summed E-state index contributed by atoms with van der Waals surface area (Å²) in [5.41, 5.74) is 0. The zero-order valence-corrected chi connectivity index (χ0v) is 5.83. The molecule has 1 N–H and O–H groups in total. The van der Waals surface area contributed by atoms with Crippen LogP contribution in [-0.2, 0) is 9.53 Å². The highest BCUT2D eigenvalue weighted by atomic mass is 16.6. The van der Waals surface area contributed by atoms with Crippen LogP contribution in [0.5, 0.6) is 0 Å². The second kappa shape index (κ2) is 2.73. The predicted octanol–water partition coefficient (Wildman–Crippen LogP) is 1.15. The quantitative estimate of drug-likeness (QED) is 0.588. The maximum absolute atomic E-state index is 10.5. The molecule has 1 rings (SSSR count). The largest absolute Gasteiger partial charge is 0.502 e. The van der Waals surface area contributed by atoms with Crippen molar-refractivity contribution in [2.45, 2.75) is 25.9 Å². The Hall–Kier alpha value is -0.990. The van der Waals surface area contributed by atoms with Gasteiger partial charge in [0.25, 0.3) is 0 Å². The predicted molar refractivity (Wildman–Crippen MR) is 35.5 cm³/mol. The lowest BCUT2D eigenvalue weighted by molar-refractivity contribution is -0.142. The highest BCUT2D eigenvalue weighted by Crippen LogP contribution is 2.14. The number of ether oxygens (including phenoxy) is 1. The molecular weight excluding hydrogens is 132 g/mol. The van der Waals surface area contributed by atoms with E-state index >= 15 is 0 Å². The molecule has 3 nitrogen and oxygen atoms in total. The number of cyclic esters (lactones) is 1. The van der Waals surface area contributed by atoms with Crippen molar-refractivity contribution in [3.63, 3.8) is 0 Å². The minimum Gasteiger partial charge on any atom is -0.502 e. The maximum atomic E-state index is 10.5. The van der Waals surface area contributed by atoms with Gasteiger partial charge in [0.15, 0.2) is 0 Å². The molecule has 3 heteroatoms. The number of aliphatic hydroxyl groups excluding tert-OH is 1. The number of esters is 1. The van der Waals surface area contributed by atoms with Crippen LogP contribution in [0.2, 0.25) is 0 Å². The van der Waals surface area contributed by atoms with Crippen LogP contribution < -0.4 is 0 Å². The molecule has 0 amide bonds. The molecular formula is C7H10O3. The van der Waals surface area contributed by atoms with E-state index in [1.165, 1.54) is 6.08 Å². The third-order valence-electron chi connectivity index (χ3n) is 1.38. The average Bonchev–Trinajstić information content (AvgIpc) is 2.14. The lowest BCUT2D eigenvalue weighted by Gasteiger charge is -2.03. The molecule has 1 atom stereocenters. The molecule has 56 valence electrons. The topological polar surface area (TPSA) is 46.5 Å². The Morgan fingerprint density at radius 2 is 2.50 bits per heavy atom. The Kier molecular flexibility index (Phi) is 1.94. The van der Waals surface area contributed by atoms with Crippen molar-refractivity contribution in [1.29, 1.82) is 0 Å². The summed E-state index contributed by atoms with van der Waals surface area (Å²) in [6.07, 6.45) is 2.99. The van der Waals surface area contributed by atoms with E-state index in [0.717, 1.165) is 12.8 Å². The van der Waals surface area contributed by atoms with Crippen molar-refractivity contribution >= 4 is 5.97 Å². The Bertz CT molecular complexity index is 172. The van der Waals surface area contributed by atoms with Crippen LogP contribution in [0.15, 0.2) is 11.8 Å². The molecule has 0 fully saturated rings. The van der Waals surface area contributed by atoms with Gasteiger partial charge >= 0.3 is 5.97 Å². The molecule has 1 heterocycles. The summed E-state index contributed by atoms with van der Waals surface area (Å²) in [6, 6.07) is 0. The molecule has 0 radical (unpaired) electrons. The van der Waals surface area contributed by atoms with Gasteiger partial charge in [-0.15, -0.1) is 0 Å². The minimum atomic E-state index is -0.599. The summed E-state index contributed by atoms with van der Waals surface area (Å²) >= 11 is 0. The zero-order valence-electron chi connectivity index (χ0n) is 5.83. The van der Waals surface area contributed by atoms with Crippen LogP contribution >= 0.6 is 0 Å². The van der Waals surface area contributed by atoms with Crippen molar-refractivity contribution in [3.8, 4) is 0 Å². The minimum absolute atomic E-state index is 0.197. The molecule has 0 aliphatic carbocycles. The number of carbonyl (C=O) groups is 1. The second-order valence-electron chi connectivity index (χ2n) is 2.28. The summed E-state index contributed by atoms with van der Waals surface area (Å²) in [4.78, 5) is 10.5. The fourth-order valence-corrected chi connectivity index (χ4v) is 0.903. The highest BCUT2D eigenvalue weighted by Gasteiger charge is 2.23. The molecule has 1 aliphatic rings. The zero-order chi connectivity index (χ0) is 7.56. The summed E-state index contributed by atoms with van der Waals surface area (Å²) < 4.78 is 4.73. The first-order valence-corrected chi connectivity index (χ1v) is 3.35. The van der Waals surface area contributed by atoms with E-state index in [9.17, 15) is 4.79 Å². The summed E-state index contributed by atoms with van der Waals surface area (Å²) in [5, 5.41) is 8.78. The summed E-state index contributed by atoms with van der Waals surface area (Å²) in [6.45, 7) is 2.00. The van der Waals surface area contributed by atoms with Gasteiger partial charge in [-0.05, 0) is 6.42 Å². The van der Waals surface area contributed by atoms with Crippen LogP contribution in [0.25, 0.3) is 0 Å². The van der Waals surface area contributed by atoms with E-state index in [1.54, 1.807) is 0 Å². The first-order chi connectivity index (χ1) is 4.74. The van der Waals surface area contributed by atoms with E-state index in [1.807, 2.05) is 6.92 Å². The molecule has 0 saturated heterocycles. The molecule has 0 bridgehead atoms. The number of hydrogen-bond acceptors (Lipinski definition) is 3. The molecule has 1 unspecified atom stereocenters. The van der Waals surface area contributed by atoms with Crippen LogP contribution in [0.1, 0.15) is 19.8 Å². The first kappa shape index (κ1) is 7.12. The van der Waals surface area contributed by atoms with Crippen LogP contribution in [0.4, 0.5) is 0 Å². The molecule has 10 heavy (non-hydrogen) atoms. The van der Waals surface area contributed by atoms with Gasteiger partial charge in [0.2, 0.25) is 5.76 Å². The lowest BCUT2D eigenvalue weighted by Crippen LogP contribution is -2.07. The lowest BCUT2D eigenvalue weighted by atomic mass is 10.2. The highest BCUT2D eigenvalue weighted by molar-refractivity contribution is 5.88. The molecule has 0 aromatic carbocycles. The third-order valence-corrected chi connectivity index (χ3v) is 1.38. The van der Waals surface area contributed by atoms with Crippen molar-refractivity contribution < 1.29 is 14.6 Å². The van der Waals surface area contributed by atoms with Gasteiger partial charge in [-0.3, -0.25) is 0 Å². The van der Waals surface area contributed by atoms with Crippen LogP contribution in [0.3, 0.4) is 0 Å². The molecule has 0 aromatic heterocycles. The van der Waals surface area contributed by atoms with Gasteiger partial charge in [0.05, 0.1) is 0 Å². The Morgan fingerprint density at radius 1 is 1.80 bits per heavy atom. The van der Waals surface area contributed by atoms with Crippen LogP contribution in [-0.4, -0.2) is 17.2 Å². The van der Waals surface area contributed by atoms with Gasteiger partial charge in [-0.2, -0.15) is 0 Å². The Balaban J connectivity index is 2.48. The van der Waals surface area contributed by atoms with Crippen molar-refractivity contribution in [2.24, 2.45) is 0 Å². The van der Waals surface area contributed by atoms with Crippen molar-refractivity contribution in [2.75, 3.05) is 0 Å². The number of carbonyl (C=O) groups excluding carboxylic acids is 1. The van der Waals surface area contributed by atoms with Crippen LogP contribution in [0, 0.1) is 0 Å². The third kappa shape index (κ3) is 1.29. The summed E-state index contributed by atoms with van der Waals surface area (Å²) in [5.74, 6) is -0.850. The first-order valence-electron chi connectivity index (χ1n) is 3.35. The SMILES string of the molecule is CCCC1C=C(O)C(=O)O1. The summed E-state index contributed by atoms with van der Waals surface area (Å²) in [7, 11) is 0. The fraction of sp³-hybridized carbons (Fsp3) is 0.571.